The molecule has 0 fully saturated rings. The summed E-state index contributed by atoms with van der Waals surface area (Å²) in [5.74, 6) is -0.426. The number of hydrogen-bond acceptors (Lipinski definition) is 4. The molecule has 0 saturated carbocycles. The van der Waals surface area contributed by atoms with E-state index >= 15 is 0 Å². The molecule has 3 aromatic rings. The van der Waals surface area contributed by atoms with E-state index in [2.05, 4.69) is 4.98 Å². The second kappa shape index (κ2) is 7.85. The van der Waals surface area contributed by atoms with E-state index in [0.29, 0.717) is 16.5 Å². The molecule has 0 aliphatic rings. The number of hydrogen-bond donors (Lipinski definition) is 0. The van der Waals surface area contributed by atoms with Crippen molar-refractivity contribution in [1.82, 2.24) is 4.98 Å². The van der Waals surface area contributed by atoms with Crippen LogP contribution in [-0.4, -0.2) is 21.8 Å². The van der Waals surface area contributed by atoms with Gasteiger partial charge in [-0.05, 0) is 47.5 Å². The normalized spacial score (nSPS) is 12.4. The third-order valence-electron chi connectivity index (χ3n) is 3.63. The van der Waals surface area contributed by atoms with Gasteiger partial charge in [0.15, 0.2) is 0 Å². The minimum Gasteiger partial charge on any atom is -0.463 e. The van der Waals surface area contributed by atoms with Crippen LogP contribution in [0.25, 0.3) is 16.8 Å². The molecule has 0 aliphatic heterocycles. The molecule has 4 nitrogen and oxygen atoms in total. The molecule has 0 amide bonds. The lowest BCUT2D eigenvalue weighted by Gasteiger charge is -2.10. The topological polar surface area (TPSA) is 56.3 Å². The van der Waals surface area contributed by atoms with Gasteiger partial charge in [0.1, 0.15) is 15.8 Å². The maximum absolute atomic E-state index is 13.0. The van der Waals surface area contributed by atoms with Crippen LogP contribution in [-0.2, 0) is 20.3 Å². The first-order chi connectivity index (χ1) is 12.2. The number of carbonyl (C=O) groups excluding carboxylic acids is 1. The summed E-state index contributed by atoms with van der Waals surface area (Å²) in [7, 11) is -1.45. The predicted octanol–water partition coefficient (Wildman–Crippen LogP) is 3.98. The zero-order chi connectivity index (χ0) is 17.6. The number of esters is 1. The Labute approximate surface area is 148 Å². The first-order valence-electron chi connectivity index (χ1n) is 7.90. The van der Waals surface area contributed by atoms with E-state index in [9.17, 15) is 9.00 Å². The summed E-state index contributed by atoms with van der Waals surface area (Å²) in [5.41, 5.74) is 0.732. The van der Waals surface area contributed by atoms with Crippen LogP contribution in [0.5, 0.6) is 0 Å². The van der Waals surface area contributed by atoms with Gasteiger partial charge in [-0.3, -0.25) is 0 Å². The van der Waals surface area contributed by atoms with Crippen molar-refractivity contribution < 1.29 is 13.7 Å². The minimum atomic E-state index is -1.45. The van der Waals surface area contributed by atoms with E-state index in [1.165, 1.54) is 6.08 Å². The molecule has 126 valence electrons. The van der Waals surface area contributed by atoms with E-state index in [1.807, 2.05) is 36.4 Å². The van der Waals surface area contributed by atoms with E-state index in [4.69, 9.17) is 4.74 Å². The molecule has 0 bridgehead atoms. The third-order valence-corrected chi connectivity index (χ3v) is 5.01. The van der Waals surface area contributed by atoms with Crippen molar-refractivity contribution in [2.24, 2.45) is 0 Å². The Morgan fingerprint density at radius 3 is 2.68 bits per heavy atom. The maximum Gasteiger partial charge on any atom is 0.330 e. The summed E-state index contributed by atoms with van der Waals surface area (Å²) in [6.07, 6.45) is 4.64. The predicted molar refractivity (Wildman–Crippen MR) is 98.5 cm³/mol. The molecule has 0 N–H and O–H groups in total. The highest BCUT2D eigenvalue weighted by Crippen LogP contribution is 2.28. The van der Waals surface area contributed by atoms with Crippen molar-refractivity contribution in [2.45, 2.75) is 16.8 Å². The SMILES string of the molecule is CCOC(=O)/C=C/c1c(S(=O)c2ccccn2)ccc2ccccc12. The van der Waals surface area contributed by atoms with Crippen molar-refractivity contribution in [3.8, 4) is 0 Å². The maximum atomic E-state index is 13.0. The van der Waals surface area contributed by atoms with Crippen LogP contribution in [0, 0.1) is 0 Å². The number of ether oxygens (including phenoxy) is 1. The standard InChI is InChI=1S/C20H17NO3S/c1-2-24-20(22)13-11-17-16-8-4-3-7-15(16)10-12-18(17)25(23)19-9-5-6-14-21-19/h3-14H,2H2,1H3/b13-11+. The molecule has 2 aromatic carbocycles. The smallest absolute Gasteiger partial charge is 0.330 e. The average molecular weight is 351 g/mol. The van der Waals surface area contributed by atoms with E-state index in [-0.39, 0.29) is 0 Å². The van der Waals surface area contributed by atoms with Gasteiger partial charge in [-0.15, -0.1) is 0 Å². The van der Waals surface area contributed by atoms with Crippen molar-refractivity contribution in [2.75, 3.05) is 6.61 Å². The lowest BCUT2D eigenvalue weighted by atomic mass is 10.0. The first-order valence-corrected chi connectivity index (χ1v) is 9.05. The first kappa shape index (κ1) is 17.0. The quantitative estimate of drug-likeness (QED) is 0.515. The second-order valence-corrected chi connectivity index (χ2v) is 6.62. The summed E-state index contributed by atoms with van der Waals surface area (Å²) in [5, 5.41) is 2.40. The van der Waals surface area contributed by atoms with Gasteiger partial charge in [0, 0.05) is 12.3 Å². The van der Waals surface area contributed by atoms with Gasteiger partial charge in [-0.25, -0.2) is 14.0 Å². The number of carbonyl (C=O) groups is 1. The Bertz CT molecular complexity index is 952. The van der Waals surface area contributed by atoms with E-state index < -0.39 is 16.8 Å². The van der Waals surface area contributed by atoms with Gasteiger partial charge in [0.05, 0.1) is 11.5 Å². The van der Waals surface area contributed by atoms with Gasteiger partial charge < -0.3 is 4.74 Å². The zero-order valence-corrected chi connectivity index (χ0v) is 14.5. The Balaban J connectivity index is 2.13. The molecule has 5 heteroatoms. The molecule has 3 rings (SSSR count). The fourth-order valence-electron chi connectivity index (χ4n) is 2.52. The molecule has 1 aromatic heterocycles. The molecule has 0 saturated heterocycles. The molecule has 25 heavy (non-hydrogen) atoms. The Hall–Kier alpha value is -2.79. The number of benzene rings is 2. The van der Waals surface area contributed by atoms with Crippen LogP contribution in [0.2, 0.25) is 0 Å². The van der Waals surface area contributed by atoms with Crippen molar-refractivity contribution in [3.05, 3.63) is 72.4 Å². The molecule has 1 atom stereocenters. The number of nitrogens with zero attached hydrogens (tertiary/aromatic N) is 1. The summed E-state index contributed by atoms with van der Waals surface area (Å²) >= 11 is 0. The molecule has 0 aliphatic carbocycles. The van der Waals surface area contributed by atoms with Crippen LogP contribution >= 0.6 is 0 Å². The van der Waals surface area contributed by atoms with Crippen LogP contribution in [0.3, 0.4) is 0 Å². The van der Waals surface area contributed by atoms with E-state index in [1.54, 1.807) is 37.4 Å². The van der Waals surface area contributed by atoms with Gasteiger partial charge in [-0.1, -0.05) is 36.4 Å². The minimum absolute atomic E-state index is 0.311. The van der Waals surface area contributed by atoms with Gasteiger partial charge in [-0.2, -0.15) is 0 Å². The third kappa shape index (κ3) is 3.83. The van der Waals surface area contributed by atoms with Gasteiger partial charge in [0.25, 0.3) is 0 Å². The van der Waals surface area contributed by atoms with Crippen molar-refractivity contribution in [3.63, 3.8) is 0 Å². The summed E-state index contributed by atoms with van der Waals surface area (Å²) < 4.78 is 17.9. The monoisotopic (exact) mass is 351 g/mol. The number of fused-ring (bicyclic) bond motifs is 1. The summed E-state index contributed by atoms with van der Waals surface area (Å²) in [6, 6.07) is 16.8. The van der Waals surface area contributed by atoms with Gasteiger partial charge >= 0.3 is 5.97 Å². The van der Waals surface area contributed by atoms with Crippen LogP contribution < -0.4 is 0 Å². The Morgan fingerprint density at radius 1 is 1.12 bits per heavy atom. The Kier molecular flexibility index (Phi) is 5.36. The van der Waals surface area contributed by atoms with Crippen LogP contribution in [0.4, 0.5) is 0 Å². The Morgan fingerprint density at radius 2 is 1.92 bits per heavy atom. The number of pyridine rings is 1. The molecule has 0 radical (unpaired) electrons. The number of rotatable bonds is 5. The van der Waals surface area contributed by atoms with E-state index in [0.717, 1.165) is 16.3 Å². The van der Waals surface area contributed by atoms with Gasteiger partial charge in [0.2, 0.25) is 0 Å². The number of aromatic nitrogens is 1. The summed E-state index contributed by atoms with van der Waals surface area (Å²) in [6.45, 7) is 2.07. The molecule has 1 heterocycles. The largest absolute Gasteiger partial charge is 0.463 e. The van der Waals surface area contributed by atoms with Crippen molar-refractivity contribution >= 4 is 33.6 Å². The average Bonchev–Trinajstić information content (AvgIpc) is 2.66. The summed E-state index contributed by atoms with van der Waals surface area (Å²) in [4.78, 5) is 16.5. The fraction of sp³-hybridized carbons (Fsp3) is 0.100. The highest BCUT2D eigenvalue weighted by Gasteiger charge is 2.14. The molecule has 0 spiro atoms. The van der Waals surface area contributed by atoms with Crippen LogP contribution in [0.15, 0.2) is 76.8 Å². The fourth-order valence-corrected chi connectivity index (χ4v) is 3.67. The molecule has 1 unspecified atom stereocenters. The molecular weight excluding hydrogens is 334 g/mol. The van der Waals surface area contributed by atoms with Crippen LogP contribution in [0.1, 0.15) is 12.5 Å². The van der Waals surface area contributed by atoms with Crippen molar-refractivity contribution in [1.29, 1.82) is 0 Å². The highest BCUT2D eigenvalue weighted by molar-refractivity contribution is 7.85. The second-order valence-electron chi connectivity index (χ2n) is 5.22. The lowest BCUT2D eigenvalue weighted by Crippen LogP contribution is -2.01. The zero-order valence-electron chi connectivity index (χ0n) is 13.7. The highest BCUT2D eigenvalue weighted by atomic mass is 32.2. The molecular formula is C20H17NO3S. The lowest BCUT2D eigenvalue weighted by molar-refractivity contribution is -0.137.